The summed E-state index contributed by atoms with van der Waals surface area (Å²) in [7, 11) is -0.724. The van der Waals surface area contributed by atoms with Gasteiger partial charge in [-0.15, -0.1) is 6.42 Å². The second-order valence-electron chi connectivity index (χ2n) is 8.60. The molecule has 1 amide bonds. The van der Waals surface area contributed by atoms with Crippen molar-refractivity contribution in [2.75, 3.05) is 14.2 Å². The fourth-order valence-corrected chi connectivity index (χ4v) is 6.86. The summed E-state index contributed by atoms with van der Waals surface area (Å²) in [5.74, 6) is 1.57. The van der Waals surface area contributed by atoms with Crippen LogP contribution in [0.5, 0.6) is 0 Å². The van der Waals surface area contributed by atoms with Crippen LogP contribution < -0.4 is 4.80 Å². The molecule has 8 nitrogen and oxygen atoms in total. The second kappa shape index (κ2) is 10.8. The summed E-state index contributed by atoms with van der Waals surface area (Å²) in [6.45, 7) is 0.189. The van der Waals surface area contributed by atoms with Crippen LogP contribution in [-0.4, -0.2) is 49.4 Å². The smallest absolute Gasteiger partial charge is 0.337 e. The predicted octanol–water partition coefficient (Wildman–Crippen LogP) is 3.82. The highest BCUT2D eigenvalue weighted by molar-refractivity contribution is 7.89. The number of sulfonamides is 1. The number of rotatable bonds is 6. The average Bonchev–Trinajstić information content (AvgIpc) is 3.24. The number of carbonyl (C=O) groups is 2. The van der Waals surface area contributed by atoms with Gasteiger partial charge in [-0.1, -0.05) is 36.5 Å². The van der Waals surface area contributed by atoms with Gasteiger partial charge in [0.1, 0.15) is 0 Å². The maximum absolute atomic E-state index is 13.1. The van der Waals surface area contributed by atoms with Gasteiger partial charge in [-0.2, -0.15) is 9.30 Å². The molecule has 188 valence electrons. The van der Waals surface area contributed by atoms with Crippen LogP contribution in [-0.2, 0) is 21.3 Å². The number of carbonyl (C=O) groups excluding carboxylic acids is 2. The Kier molecular flexibility index (Phi) is 7.73. The van der Waals surface area contributed by atoms with Crippen LogP contribution in [0.25, 0.3) is 10.2 Å². The fraction of sp³-hybridized carbons (Fsp3) is 0.346. The number of terminal acetylenes is 1. The number of aromatic nitrogens is 1. The number of fused-ring (bicyclic) bond motifs is 1. The van der Waals surface area contributed by atoms with Crippen LogP contribution in [0.15, 0.2) is 52.4 Å². The van der Waals surface area contributed by atoms with Crippen LogP contribution in [0, 0.1) is 12.3 Å². The minimum atomic E-state index is -3.66. The van der Waals surface area contributed by atoms with Crippen LogP contribution in [0.4, 0.5) is 0 Å². The molecule has 0 N–H and O–H groups in total. The second-order valence-corrected chi connectivity index (χ2v) is 11.6. The minimum Gasteiger partial charge on any atom is -0.465 e. The molecule has 3 aromatic rings. The Bertz CT molecular complexity index is 1510. The van der Waals surface area contributed by atoms with Gasteiger partial charge in [0.25, 0.3) is 5.91 Å². The lowest BCUT2D eigenvalue weighted by atomic mass is 9.96. The van der Waals surface area contributed by atoms with Gasteiger partial charge in [0.05, 0.1) is 34.3 Å². The predicted molar refractivity (Wildman–Crippen MR) is 138 cm³/mol. The van der Waals surface area contributed by atoms with E-state index < -0.39 is 21.9 Å². The van der Waals surface area contributed by atoms with Gasteiger partial charge in [0, 0.05) is 18.7 Å². The lowest BCUT2D eigenvalue weighted by molar-refractivity contribution is 0.0600. The number of amides is 1. The summed E-state index contributed by atoms with van der Waals surface area (Å²) in [4.78, 5) is 29.6. The van der Waals surface area contributed by atoms with E-state index in [-0.39, 0.29) is 23.0 Å². The maximum atomic E-state index is 13.1. The third-order valence-electron chi connectivity index (χ3n) is 6.42. The molecule has 10 heteroatoms. The van der Waals surface area contributed by atoms with Gasteiger partial charge in [-0.3, -0.25) is 4.79 Å². The molecule has 0 spiro atoms. The first-order chi connectivity index (χ1) is 17.3. The Labute approximate surface area is 214 Å². The van der Waals surface area contributed by atoms with Crippen molar-refractivity contribution in [2.24, 2.45) is 4.99 Å². The first kappa shape index (κ1) is 25.8. The summed E-state index contributed by atoms with van der Waals surface area (Å²) in [6, 6.07) is 10.9. The highest BCUT2D eigenvalue weighted by atomic mass is 32.2. The molecule has 1 aliphatic rings. The van der Waals surface area contributed by atoms with Gasteiger partial charge in [0.2, 0.25) is 10.0 Å². The van der Waals surface area contributed by atoms with E-state index in [1.165, 1.54) is 47.0 Å². The van der Waals surface area contributed by atoms with Gasteiger partial charge >= 0.3 is 5.97 Å². The normalized spacial score (nSPS) is 15.2. The zero-order valence-corrected chi connectivity index (χ0v) is 21.8. The Morgan fingerprint density at radius 3 is 2.44 bits per heavy atom. The summed E-state index contributed by atoms with van der Waals surface area (Å²) >= 11 is 1.23. The number of ether oxygens (including phenoxy) is 1. The molecule has 1 aliphatic carbocycles. The summed E-state index contributed by atoms with van der Waals surface area (Å²) in [5, 5.41) is 0. The average molecular weight is 526 g/mol. The third-order valence-corrected chi connectivity index (χ3v) is 9.38. The van der Waals surface area contributed by atoms with E-state index in [4.69, 9.17) is 11.2 Å². The third kappa shape index (κ3) is 5.14. The topological polar surface area (TPSA) is 98.0 Å². The molecule has 1 aromatic heterocycles. The minimum absolute atomic E-state index is 0.000631. The number of benzene rings is 2. The fourth-order valence-electron chi connectivity index (χ4n) is 4.38. The van der Waals surface area contributed by atoms with Crippen LogP contribution in [0.1, 0.15) is 52.8 Å². The van der Waals surface area contributed by atoms with E-state index in [1.807, 2.05) is 0 Å². The van der Waals surface area contributed by atoms with Crippen molar-refractivity contribution in [3.63, 3.8) is 0 Å². The first-order valence-electron chi connectivity index (χ1n) is 11.6. The molecular weight excluding hydrogens is 498 g/mol. The maximum Gasteiger partial charge on any atom is 0.337 e. The van der Waals surface area contributed by atoms with Gasteiger partial charge in [0.15, 0.2) is 4.80 Å². The zero-order chi connectivity index (χ0) is 25.9. The highest BCUT2D eigenvalue weighted by Crippen LogP contribution is 2.26. The van der Waals surface area contributed by atoms with Crippen molar-refractivity contribution >= 4 is 43.5 Å². The van der Waals surface area contributed by atoms with E-state index in [9.17, 15) is 18.0 Å². The van der Waals surface area contributed by atoms with E-state index in [2.05, 4.69) is 10.9 Å². The summed E-state index contributed by atoms with van der Waals surface area (Å²) in [5.41, 5.74) is 1.38. The van der Waals surface area contributed by atoms with Crippen LogP contribution in [0.3, 0.4) is 0 Å². The molecule has 0 bridgehead atoms. The SMILES string of the molecule is C#CCn1c(=NC(=O)c2ccc(S(=O)(=O)N(C)C3CCCCC3)cc2)sc2cc(C(=O)OC)ccc21. The lowest BCUT2D eigenvalue weighted by Gasteiger charge is -2.30. The van der Waals surface area contributed by atoms with Crippen LogP contribution in [0.2, 0.25) is 0 Å². The molecule has 4 rings (SSSR count). The highest BCUT2D eigenvalue weighted by Gasteiger charge is 2.29. The standard InChI is InChI=1S/C26H27N3O5S2/c1-4-16-29-22-15-12-19(25(31)34-3)17-23(22)35-26(29)27-24(30)18-10-13-21(14-11-18)36(32,33)28(2)20-8-6-5-7-9-20/h1,10-15,17,20H,5-9,16H2,2-3H3. The van der Waals surface area contributed by atoms with E-state index >= 15 is 0 Å². The molecule has 0 unspecified atom stereocenters. The Balaban J connectivity index is 1.63. The number of nitrogens with zero attached hydrogens (tertiary/aromatic N) is 3. The molecule has 2 aromatic carbocycles. The number of hydrogen-bond acceptors (Lipinski definition) is 6. The Morgan fingerprint density at radius 2 is 1.81 bits per heavy atom. The van der Waals surface area contributed by atoms with Crippen molar-refractivity contribution in [1.29, 1.82) is 0 Å². The molecule has 0 saturated heterocycles. The number of methoxy groups -OCH3 is 1. The number of hydrogen-bond donors (Lipinski definition) is 0. The van der Waals surface area contributed by atoms with Crippen molar-refractivity contribution in [3.05, 3.63) is 58.4 Å². The Morgan fingerprint density at radius 1 is 1.14 bits per heavy atom. The van der Waals surface area contributed by atoms with Crippen molar-refractivity contribution in [1.82, 2.24) is 8.87 Å². The van der Waals surface area contributed by atoms with Crippen molar-refractivity contribution in [3.8, 4) is 12.3 Å². The molecule has 1 fully saturated rings. The molecule has 1 saturated carbocycles. The van der Waals surface area contributed by atoms with E-state index in [1.54, 1.807) is 29.8 Å². The number of esters is 1. The summed E-state index contributed by atoms with van der Waals surface area (Å²) in [6.07, 6.45) is 10.4. The van der Waals surface area contributed by atoms with Gasteiger partial charge in [-0.05, 0) is 55.3 Å². The van der Waals surface area contributed by atoms with Crippen molar-refractivity contribution in [2.45, 2.75) is 49.6 Å². The Hall–Kier alpha value is -3.26. The molecule has 36 heavy (non-hydrogen) atoms. The summed E-state index contributed by atoms with van der Waals surface area (Å²) < 4.78 is 34.8. The van der Waals surface area contributed by atoms with Crippen LogP contribution >= 0.6 is 11.3 Å². The largest absolute Gasteiger partial charge is 0.465 e. The lowest BCUT2D eigenvalue weighted by Crippen LogP contribution is -2.38. The molecule has 0 radical (unpaired) electrons. The molecule has 0 atom stereocenters. The zero-order valence-electron chi connectivity index (χ0n) is 20.1. The van der Waals surface area contributed by atoms with E-state index in [0.717, 1.165) is 42.3 Å². The quantitative estimate of drug-likeness (QED) is 0.360. The molecular formula is C26H27N3O5S2. The molecule has 0 aliphatic heterocycles. The monoisotopic (exact) mass is 525 g/mol. The first-order valence-corrected chi connectivity index (χ1v) is 13.8. The van der Waals surface area contributed by atoms with E-state index in [0.29, 0.717) is 10.4 Å². The van der Waals surface area contributed by atoms with Gasteiger partial charge < -0.3 is 9.30 Å². The van der Waals surface area contributed by atoms with Crippen molar-refractivity contribution < 1.29 is 22.7 Å². The van der Waals surface area contributed by atoms with Gasteiger partial charge in [-0.25, -0.2) is 13.2 Å². The molecule has 1 heterocycles. The number of thiazole rings is 1.